The van der Waals surface area contributed by atoms with E-state index in [1.807, 2.05) is 18.4 Å². The van der Waals surface area contributed by atoms with Crippen molar-refractivity contribution in [2.45, 2.75) is 23.0 Å². The summed E-state index contributed by atoms with van der Waals surface area (Å²) in [6, 6.07) is 7.20. The number of methoxy groups -OCH3 is 1. The first-order chi connectivity index (χ1) is 8.46. The van der Waals surface area contributed by atoms with Gasteiger partial charge in [0.15, 0.2) is 0 Å². The number of esters is 1. The highest BCUT2D eigenvalue weighted by molar-refractivity contribution is 8.29. The topological polar surface area (TPSA) is 73.1 Å². The van der Waals surface area contributed by atoms with Crippen molar-refractivity contribution in [1.29, 1.82) is 5.41 Å². The van der Waals surface area contributed by atoms with Crippen LogP contribution in [0.4, 0.5) is 0 Å². The Hall–Kier alpha value is -1.33. The lowest BCUT2D eigenvalue weighted by molar-refractivity contribution is -0.132. The van der Waals surface area contributed by atoms with Crippen LogP contribution in [0, 0.1) is 5.41 Å². The molecule has 2 rings (SSSR count). The second-order valence-corrected chi connectivity index (χ2v) is 7.67. The third kappa shape index (κ3) is 2.42. The van der Waals surface area contributed by atoms with E-state index in [4.69, 9.17) is 9.96 Å². The Balaban J connectivity index is 2.20. The molecule has 0 radical (unpaired) electrons. The number of hydrogen-bond donors (Lipinski definition) is 1. The normalized spacial score (nSPS) is 19.7. The summed E-state index contributed by atoms with van der Waals surface area (Å²) in [5, 5.41) is 8.16. The van der Waals surface area contributed by atoms with Crippen LogP contribution in [0.1, 0.15) is 18.4 Å². The average molecular weight is 268 g/mol. The van der Waals surface area contributed by atoms with Gasteiger partial charge in [-0.25, -0.2) is 4.79 Å². The van der Waals surface area contributed by atoms with E-state index < -0.39 is 16.3 Å². The van der Waals surface area contributed by atoms with Crippen molar-refractivity contribution in [2.75, 3.05) is 13.4 Å². The zero-order chi connectivity index (χ0) is 13.3. The Morgan fingerprint density at radius 1 is 1.39 bits per heavy atom. The molecule has 1 saturated carbocycles. The largest absolute Gasteiger partial charge is 0.464 e. The monoisotopic (exact) mass is 268 g/mol. The maximum absolute atomic E-state index is 11.2. The number of benzene rings is 1. The van der Waals surface area contributed by atoms with Crippen molar-refractivity contribution >= 4 is 22.0 Å². The Morgan fingerprint density at radius 2 is 1.94 bits per heavy atom. The summed E-state index contributed by atoms with van der Waals surface area (Å²) < 4.78 is 12.9. The molecule has 1 unspecified atom stereocenters. The van der Waals surface area contributed by atoms with Gasteiger partial charge in [0, 0.05) is 11.8 Å². The number of hydrogen-bond acceptors (Lipinski definition) is 3. The summed E-state index contributed by atoms with van der Waals surface area (Å²) >= 11 is 0. The van der Waals surface area contributed by atoms with Gasteiger partial charge >= 0.3 is 5.97 Å². The fourth-order valence-electron chi connectivity index (χ4n) is 1.86. The minimum Gasteiger partial charge on any atom is -0.464 e. The lowest BCUT2D eigenvalue weighted by Gasteiger charge is -2.24. The molecule has 0 heterocycles. The van der Waals surface area contributed by atoms with Crippen molar-refractivity contribution in [3.8, 4) is 0 Å². The van der Waals surface area contributed by atoms with Crippen LogP contribution in [0.2, 0.25) is 0 Å². The predicted octanol–water partition coefficient (Wildman–Crippen LogP) is 1.82. The van der Waals surface area contributed by atoms with Crippen LogP contribution in [0.5, 0.6) is 0 Å². The van der Waals surface area contributed by atoms with Gasteiger partial charge in [-0.2, -0.15) is 0 Å². The molecular formula is C13H18NO3S+. The van der Waals surface area contributed by atoms with Gasteiger partial charge in [0.2, 0.25) is 0 Å². The van der Waals surface area contributed by atoms with Crippen molar-refractivity contribution in [3.63, 3.8) is 0 Å². The molecule has 1 aliphatic rings. The van der Waals surface area contributed by atoms with E-state index in [0.29, 0.717) is 10.8 Å². The zero-order valence-electron chi connectivity index (χ0n) is 10.5. The lowest BCUT2D eigenvalue weighted by Crippen LogP contribution is -2.15. The van der Waals surface area contributed by atoms with Crippen molar-refractivity contribution in [1.82, 2.24) is 0 Å². The third-order valence-corrected chi connectivity index (χ3v) is 6.27. The van der Waals surface area contributed by atoms with Gasteiger partial charge < -0.3 is 9.29 Å². The summed E-state index contributed by atoms with van der Waals surface area (Å²) in [4.78, 5) is 12.3. The minimum absolute atomic E-state index is 0.142. The first-order valence-corrected chi connectivity index (χ1v) is 7.86. The molecule has 18 heavy (non-hydrogen) atoms. The van der Waals surface area contributed by atoms with Crippen LogP contribution in [-0.2, 0) is 9.53 Å². The van der Waals surface area contributed by atoms with Gasteiger partial charge in [-0.15, -0.1) is 0 Å². The molecule has 0 aromatic heterocycles. The molecule has 3 N–H and O–H groups in total. The Kier molecular flexibility index (Phi) is 3.45. The summed E-state index contributed by atoms with van der Waals surface area (Å²) in [5.41, 5.74) is 0.397. The molecule has 4 nitrogen and oxygen atoms in total. The molecule has 0 bridgehead atoms. The quantitative estimate of drug-likeness (QED) is 0.514. The van der Waals surface area contributed by atoms with Crippen molar-refractivity contribution < 1.29 is 14.1 Å². The van der Waals surface area contributed by atoms with Crippen molar-refractivity contribution in [3.05, 3.63) is 29.8 Å². The minimum atomic E-state index is -1.47. The number of rotatable bonds is 4. The van der Waals surface area contributed by atoms with E-state index in [0.717, 1.165) is 17.7 Å². The molecule has 1 fully saturated rings. The van der Waals surface area contributed by atoms with E-state index in [-0.39, 0.29) is 5.71 Å². The standard InChI is InChI=1S/C13H17NO3S/c1-17-13(15)12(14)9-3-5-10(6-4-9)18(2,16)11-7-8-11/h3-6,11,14,16H,7-8H2,1-2H3/p+1. The van der Waals surface area contributed by atoms with Crippen LogP contribution >= 0.6 is 10.3 Å². The van der Waals surface area contributed by atoms with E-state index in [1.54, 1.807) is 12.1 Å². The molecule has 1 atom stereocenters. The van der Waals surface area contributed by atoms with Crippen LogP contribution < -0.4 is 0 Å². The van der Waals surface area contributed by atoms with Gasteiger partial charge in [-0.1, -0.05) is 12.1 Å². The molecule has 1 aromatic carbocycles. The molecule has 98 valence electrons. The maximum Gasteiger partial charge on any atom is 0.356 e. The number of carbonyl (C=O) groups excluding carboxylic acids is 1. The van der Waals surface area contributed by atoms with E-state index in [1.165, 1.54) is 7.11 Å². The lowest BCUT2D eigenvalue weighted by atomic mass is 10.1. The fourth-order valence-corrected chi connectivity index (χ4v) is 4.02. The number of nitrogens with one attached hydrogen (secondary N) is 1. The number of carbonyl (C=O) groups is 1. The second kappa shape index (κ2) is 4.74. The van der Waals surface area contributed by atoms with E-state index >= 15 is 0 Å². The summed E-state index contributed by atoms with van der Waals surface area (Å²) in [6.07, 6.45) is 4.30. The van der Waals surface area contributed by atoms with Crippen molar-refractivity contribution in [2.24, 2.45) is 0 Å². The third-order valence-electron chi connectivity index (χ3n) is 3.21. The van der Waals surface area contributed by atoms with Crippen LogP contribution in [0.15, 0.2) is 29.2 Å². The molecule has 1 aliphatic carbocycles. The maximum atomic E-state index is 11.2. The highest BCUT2D eigenvalue weighted by Gasteiger charge is 2.41. The van der Waals surface area contributed by atoms with Gasteiger partial charge in [0.05, 0.1) is 17.3 Å². The van der Waals surface area contributed by atoms with E-state index in [9.17, 15) is 4.79 Å². The van der Waals surface area contributed by atoms with Crippen LogP contribution in [-0.4, -0.2) is 34.8 Å². The summed E-state index contributed by atoms with van der Waals surface area (Å²) in [6.45, 7) is 0. The average Bonchev–Trinajstić information content (AvgIpc) is 3.21. The molecule has 0 spiro atoms. The first-order valence-electron chi connectivity index (χ1n) is 5.76. The summed E-state index contributed by atoms with van der Waals surface area (Å²) in [7, 11) is -0.203. The number of ether oxygens (including phenoxy) is 1. The molecule has 1 aromatic rings. The smallest absolute Gasteiger partial charge is 0.356 e. The first kappa shape index (κ1) is 13.1. The van der Waals surface area contributed by atoms with Gasteiger partial charge in [0.1, 0.15) is 5.71 Å². The highest BCUT2D eigenvalue weighted by Crippen LogP contribution is 2.61. The molecule has 0 saturated heterocycles. The second-order valence-electron chi connectivity index (χ2n) is 4.57. The SMILES string of the molecule is COC(=O)C(=N)c1ccc(S(C)([OH2+])C2CC2)cc1. The Morgan fingerprint density at radius 3 is 2.39 bits per heavy atom. The highest BCUT2D eigenvalue weighted by atomic mass is 32.3. The zero-order valence-corrected chi connectivity index (χ0v) is 11.3. The Bertz CT molecular complexity index is 478. The van der Waals surface area contributed by atoms with Gasteiger partial charge in [-0.05, 0) is 35.3 Å². The predicted molar refractivity (Wildman–Crippen MR) is 73.7 cm³/mol. The van der Waals surface area contributed by atoms with E-state index in [2.05, 4.69) is 4.74 Å². The molecule has 5 heteroatoms. The molecule has 0 aliphatic heterocycles. The summed E-state index contributed by atoms with van der Waals surface area (Å²) in [5.74, 6) is -0.633. The van der Waals surface area contributed by atoms with Crippen LogP contribution in [0.25, 0.3) is 0 Å². The Labute approximate surface area is 108 Å². The van der Waals surface area contributed by atoms with Gasteiger partial charge in [-0.3, -0.25) is 5.41 Å². The molecule has 0 amide bonds. The van der Waals surface area contributed by atoms with Crippen LogP contribution in [0.3, 0.4) is 0 Å². The fraction of sp³-hybridized carbons (Fsp3) is 0.385. The van der Waals surface area contributed by atoms with Gasteiger partial charge in [0.25, 0.3) is 0 Å². The molecular weight excluding hydrogens is 250 g/mol.